The Morgan fingerprint density at radius 1 is 1.11 bits per heavy atom. The normalized spacial score (nSPS) is 11.9. The number of rotatable bonds is 9. The first kappa shape index (κ1) is 21.8. The van der Waals surface area contributed by atoms with Gasteiger partial charge in [0, 0.05) is 26.7 Å². The SMILES string of the molecule is CCNC(=NCCCS(=O)(=O)c1ccccc1)N(C)Cc1ccc(OC)cc1. The van der Waals surface area contributed by atoms with Gasteiger partial charge in [-0.15, -0.1) is 0 Å². The van der Waals surface area contributed by atoms with Crippen LogP contribution in [0.5, 0.6) is 5.75 Å². The number of nitrogens with one attached hydrogen (secondary N) is 1. The van der Waals surface area contributed by atoms with Crippen LogP contribution in [0.2, 0.25) is 0 Å². The minimum absolute atomic E-state index is 0.0854. The number of benzene rings is 2. The average Bonchev–Trinajstić information content (AvgIpc) is 2.71. The predicted molar refractivity (Wildman–Crippen MR) is 114 cm³/mol. The van der Waals surface area contributed by atoms with Crippen LogP contribution in [0.1, 0.15) is 18.9 Å². The lowest BCUT2D eigenvalue weighted by atomic mass is 10.2. The van der Waals surface area contributed by atoms with Gasteiger partial charge in [-0.2, -0.15) is 0 Å². The molecule has 2 rings (SSSR count). The molecule has 0 amide bonds. The third-order valence-corrected chi connectivity index (χ3v) is 6.03. The molecule has 0 unspecified atom stereocenters. The van der Waals surface area contributed by atoms with Crippen molar-refractivity contribution in [3.8, 4) is 5.75 Å². The molecule has 7 heteroatoms. The van der Waals surface area contributed by atoms with E-state index in [-0.39, 0.29) is 5.75 Å². The largest absolute Gasteiger partial charge is 0.497 e. The van der Waals surface area contributed by atoms with Gasteiger partial charge < -0.3 is 15.0 Å². The minimum Gasteiger partial charge on any atom is -0.497 e. The van der Waals surface area contributed by atoms with Gasteiger partial charge >= 0.3 is 0 Å². The highest BCUT2D eigenvalue weighted by Crippen LogP contribution is 2.13. The standard InChI is InChI=1S/C21H29N3O3S/c1-4-22-21(24(2)17-18-11-13-19(27-3)14-12-18)23-15-8-16-28(25,26)20-9-6-5-7-10-20/h5-7,9-14H,4,8,15-17H2,1-3H3,(H,22,23). The Hall–Kier alpha value is -2.54. The molecule has 2 aromatic rings. The smallest absolute Gasteiger partial charge is 0.193 e. The predicted octanol–water partition coefficient (Wildman–Crippen LogP) is 2.96. The van der Waals surface area contributed by atoms with Crippen molar-refractivity contribution in [2.75, 3.05) is 33.0 Å². The Balaban J connectivity index is 1.93. The molecular weight excluding hydrogens is 374 g/mol. The number of hydrogen-bond acceptors (Lipinski definition) is 4. The zero-order chi connectivity index (χ0) is 20.4. The number of hydrogen-bond donors (Lipinski definition) is 1. The highest BCUT2D eigenvalue weighted by atomic mass is 32.2. The van der Waals surface area contributed by atoms with Gasteiger partial charge in [0.25, 0.3) is 0 Å². The number of nitrogens with zero attached hydrogens (tertiary/aromatic N) is 2. The van der Waals surface area contributed by atoms with Gasteiger partial charge in [-0.1, -0.05) is 30.3 Å². The summed E-state index contributed by atoms with van der Waals surface area (Å²) in [5.74, 6) is 1.67. The molecule has 152 valence electrons. The second-order valence-corrected chi connectivity index (χ2v) is 8.53. The van der Waals surface area contributed by atoms with E-state index < -0.39 is 9.84 Å². The first-order valence-electron chi connectivity index (χ1n) is 9.36. The summed E-state index contributed by atoms with van der Waals surface area (Å²) in [5.41, 5.74) is 1.14. The summed E-state index contributed by atoms with van der Waals surface area (Å²) in [6, 6.07) is 16.5. The van der Waals surface area contributed by atoms with E-state index in [4.69, 9.17) is 4.74 Å². The van der Waals surface area contributed by atoms with Gasteiger partial charge in [-0.25, -0.2) is 8.42 Å². The van der Waals surface area contributed by atoms with Crippen LogP contribution in [-0.4, -0.2) is 52.3 Å². The molecule has 28 heavy (non-hydrogen) atoms. The molecule has 0 aliphatic rings. The van der Waals surface area contributed by atoms with Gasteiger partial charge in [0.05, 0.1) is 17.8 Å². The first-order valence-corrected chi connectivity index (χ1v) is 11.0. The van der Waals surface area contributed by atoms with Crippen LogP contribution in [0.25, 0.3) is 0 Å². The number of aliphatic imine (C=N–C) groups is 1. The van der Waals surface area contributed by atoms with Crippen LogP contribution < -0.4 is 10.1 Å². The molecule has 0 heterocycles. The van der Waals surface area contributed by atoms with Crippen LogP contribution in [0.3, 0.4) is 0 Å². The molecule has 1 N–H and O–H groups in total. The number of methoxy groups -OCH3 is 1. The van der Waals surface area contributed by atoms with E-state index in [1.165, 1.54) is 0 Å². The highest BCUT2D eigenvalue weighted by molar-refractivity contribution is 7.91. The van der Waals surface area contributed by atoms with E-state index in [9.17, 15) is 8.42 Å². The lowest BCUT2D eigenvalue weighted by Gasteiger charge is -2.22. The van der Waals surface area contributed by atoms with E-state index in [2.05, 4.69) is 10.3 Å². The molecule has 2 aromatic carbocycles. The Morgan fingerprint density at radius 2 is 1.79 bits per heavy atom. The number of sulfone groups is 1. The molecule has 0 atom stereocenters. The molecule has 0 aliphatic heterocycles. The van der Waals surface area contributed by atoms with Crippen molar-refractivity contribution in [2.24, 2.45) is 4.99 Å². The lowest BCUT2D eigenvalue weighted by Crippen LogP contribution is -2.38. The van der Waals surface area contributed by atoms with Crippen LogP contribution in [0.15, 0.2) is 64.5 Å². The molecule has 0 fully saturated rings. The summed E-state index contributed by atoms with van der Waals surface area (Å²) in [6.45, 7) is 3.89. The quantitative estimate of drug-likeness (QED) is 0.396. The van der Waals surface area contributed by atoms with Crippen molar-refractivity contribution in [1.82, 2.24) is 10.2 Å². The van der Waals surface area contributed by atoms with Gasteiger partial charge in [0.2, 0.25) is 0 Å². The van der Waals surface area contributed by atoms with Crippen molar-refractivity contribution in [2.45, 2.75) is 24.8 Å². The molecular formula is C21H29N3O3S. The maximum atomic E-state index is 12.3. The van der Waals surface area contributed by atoms with Gasteiger partial charge in [0.1, 0.15) is 5.75 Å². The Labute approximate surface area is 168 Å². The van der Waals surface area contributed by atoms with Crippen LogP contribution in [0, 0.1) is 0 Å². The monoisotopic (exact) mass is 403 g/mol. The van der Waals surface area contributed by atoms with E-state index in [1.807, 2.05) is 49.2 Å². The summed E-state index contributed by atoms with van der Waals surface area (Å²) in [6.07, 6.45) is 0.475. The zero-order valence-corrected chi connectivity index (χ0v) is 17.6. The van der Waals surface area contributed by atoms with Crippen molar-refractivity contribution >= 4 is 15.8 Å². The molecule has 0 spiro atoms. The third-order valence-electron chi connectivity index (χ3n) is 4.21. The summed E-state index contributed by atoms with van der Waals surface area (Å²) in [5, 5.41) is 3.26. The van der Waals surface area contributed by atoms with Gasteiger partial charge in [0.15, 0.2) is 15.8 Å². The summed E-state index contributed by atoms with van der Waals surface area (Å²) in [4.78, 5) is 6.97. The first-order chi connectivity index (χ1) is 13.5. The Kier molecular flexibility index (Phi) is 8.32. The van der Waals surface area contributed by atoms with Gasteiger partial charge in [-0.3, -0.25) is 4.99 Å². The summed E-state index contributed by atoms with van der Waals surface area (Å²) >= 11 is 0. The molecule has 0 aliphatic carbocycles. The number of guanidine groups is 1. The molecule has 0 saturated carbocycles. The second kappa shape index (κ2) is 10.7. The molecule has 0 radical (unpaired) electrons. The molecule has 0 bridgehead atoms. The fourth-order valence-electron chi connectivity index (χ4n) is 2.73. The van der Waals surface area contributed by atoms with E-state index in [0.29, 0.717) is 24.4 Å². The fraction of sp³-hybridized carbons (Fsp3) is 0.381. The van der Waals surface area contributed by atoms with Crippen LogP contribution >= 0.6 is 0 Å². The number of ether oxygens (including phenoxy) is 1. The van der Waals surface area contributed by atoms with E-state index in [0.717, 1.165) is 23.8 Å². The third kappa shape index (κ3) is 6.56. The fourth-order valence-corrected chi connectivity index (χ4v) is 4.05. The molecule has 0 saturated heterocycles. The molecule has 6 nitrogen and oxygen atoms in total. The van der Waals surface area contributed by atoms with Gasteiger partial charge in [-0.05, 0) is 43.2 Å². The summed E-state index contributed by atoms with van der Waals surface area (Å²) < 4.78 is 29.9. The Morgan fingerprint density at radius 3 is 2.39 bits per heavy atom. The van der Waals surface area contributed by atoms with E-state index >= 15 is 0 Å². The molecule has 0 aromatic heterocycles. The van der Waals surface area contributed by atoms with E-state index in [1.54, 1.807) is 31.4 Å². The van der Waals surface area contributed by atoms with Crippen molar-refractivity contribution in [1.29, 1.82) is 0 Å². The van der Waals surface area contributed by atoms with Crippen LogP contribution in [-0.2, 0) is 16.4 Å². The maximum absolute atomic E-state index is 12.3. The minimum atomic E-state index is -3.26. The van der Waals surface area contributed by atoms with Crippen molar-refractivity contribution in [3.05, 3.63) is 60.2 Å². The topological polar surface area (TPSA) is 71.0 Å². The van der Waals surface area contributed by atoms with Crippen LogP contribution in [0.4, 0.5) is 0 Å². The van der Waals surface area contributed by atoms with Crippen molar-refractivity contribution in [3.63, 3.8) is 0 Å². The van der Waals surface area contributed by atoms with Crippen molar-refractivity contribution < 1.29 is 13.2 Å². The second-order valence-electron chi connectivity index (χ2n) is 6.43. The average molecular weight is 404 g/mol. The Bertz CT molecular complexity index is 850. The summed E-state index contributed by atoms with van der Waals surface area (Å²) in [7, 11) is 0.352. The highest BCUT2D eigenvalue weighted by Gasteiger charge is 2.13. The lowest BCUT2D eigenvalue weighted by molar-refractivity contribution is 0.414. The zero-order valence-electron chi connectivity index (χ0n) is 16.8. The maximum Gasteiger partial charge on any atom is 0.193 e.